The number of carbonyl (C=O) groups excluding carboxylic acids is 3. The Kier molecular flexibility index (Phi) is 6.44. The molecule has 0 atom stereocenters. The van der Waals surface area contributed by atoms with E-state index in [2.05, 4.69) is 0 Å². The highest BCUT2D eigenvalue weighted by Crippen LogP contribution is 2.24. The predicted molar refractivity (Wildman–Crippen MR) is 115 cm³/mol. The van der Waals surface area contributed by atoms with Crippen molar-refractivity contribution < 1.29 is 18.8 Å². The van der Waals surface area contributed by atoms with Crippen LogP contribution in [0.4, 0.5) is 4.39 Å². The molecule has 0 aromatic heterocycles. The summed E-state index contributed by atoms with van der Waals surface area (Å²) in [5, 5.41) is 0. The average Bonchev–Trinajstić information content (AvgIpc) is 2.84. The molecule has 2 aromatic rings. The molecule has 4 rings (SSSR count). The molecule has 2 aliphatic heterocycles. The van der Waals surface area contributed by atoms with E-state index in [0.29, 0.717) is 42.6 Å². The van der Waals surface area contributed by atoms with Gasteiger partial charge in [0.05, 0.1) is 5.56 Å². The maximum absolute atomic E-state index is 13.2. The summed E-state index contributed by atoms with van der Waals surface area (Å²) in [6.45, 7) is 2.69. The third-order valence-electron chi connectivity index (χ3n) is 6.31. The average molecular weight is 423 g/mol. The smallest absolute Gasteiger partial charge is 0.254 e. The molecule has 0 radical (unpaired) electrons. The number of piperidine rings is 2. The fourth-order valence-electron chi connectivity index (χ4n) is 4.50. The van der Waals surface area contributed by atoms with Crippen molar-refractivity contribution in [3.05, 3.63) is 71.0 Å². The van der Waals surface area contributed by atoms with Gasteiger partial charge >= 0.3 is 0 Å². The predicted octanol–water partition coefficient (Wildman–Crippen LogP) is 3.92. The number of benzene rings is 2. The number of nitrogens with zero attached hydrogens (tertiary/aromatic N) is 2. The van der Waals surface area contributed by atoms with E-state index in [1.165, 1.54) is 30.7 Å². The first-order chi connectivity index (χ1) is 15.0. The van der Waals surface area contributed by atoms with E-state index in [9.17, 15) is 18.8 Å². The van der Waals surface area contributed by atoms with Crippen molar-refractivity contribution >= 4 is 17.6 Å². The topological polar surface area (TPSA) is 57.7 Å². The fourth-order valence-corrected chi connectivity index (χ4v) is 4.50. The summed E-state index contributed by atoms with van der Waals surface area (Å²) < 4.78 is 13.2. The number of ketones is 1. The first-order valence-corrected chi connectivity index (χ1v) is 11.0. The van der Waals surface area contributed by atoms with Crippen molar-refractivity contribution in [1.82, 2.24) is 9.80 Å². The Labute approximate surface area is 181 Å². The number of hydrogen-bond acceptors (Lipinski definition) is 3. The molecule has 31 heavy (non-hydrogen) atoms. The lowest BCUT2D eigenvalue weighted by Gasteiger charge is -2.35. The van der Waals surface area contributed by atoms with Crippen LogP contribution >= 0.6 is 0 Å². The van der Waals surface area contributed by atoms with Gasteiger partial charge < -0.3 is 9.80 Å². The highest BCUT2D eigenvalue weighted by molar-refractivity contribution is 6.15. The van der Waals surface area contributed by atoms with Gasteiger partial charge in [-0.1, -0.05) is 18.2 Å². The molecule has 2 saturated heterocycles. The van der Waals surface area contributed by atoms with Crippen molar-refractivity contribution in [1.29, 1.82) is 0 Å². The molecule has 6 heteroatoms. The van der Waals surface area contributed by atoms with Crippen LogP contribution in [0.2, 0.25) is 0 Å². The van der Waals surface area contributed by atoms with Gasteiger partial charge in [-0.15, -0.1) is 0 Å². The van der Waals surface area contributed by atoms with Gasteiger partial charge in [0.2, 0.25) is 5.91 Å². The maximum Gasteiger partial charge on any atom is 0.254 e. The molecule has 0 aliphatic carbocycles. The van der Waals surface area contributed by atoms with Gasteiger partial charge in [0.15, 0.2) is 5.78 Å². The van der Waals surface area contributed by atoms with Crippen LogP contribution < -0.4 is 0 Å². The minimum atomic E-state index is -0.414. The molecule has 2 aliphatic rings. The molecule has 0 unspecified atom stereocenters. The Bertz CT molecular complexity index is 959. The lowest BCUT2D eigenvalue weighted by atomic mass is 9.93. The van der Waals surface area contributed by atoms with Gasteiger partial charge in [-0.05, 0) is 62.4 Å². The molecule has 2 amide bonds. The molecule has 0 bridgehead atoms. The van der Waals surface area contributed by atoms with Crippen molar-refractivity contribution in [2.45, 2.75) is 32.1 Å². The number of likely N-dealkylation sites (tertiary alicyclic amines) is 2. The van der Waals surface area contributed by atoms with E-state index in [-0.39, 0.29) is 23.5 Å². The van der Waals surface area contributed by atoms with Crippen molar-refractivity contribution in [3.8, 4) is 0 Å². The molecular formula is C25H27FN2O3. The van der Waals surface area contributed by atoms with E-state index in [4.69, 9.17) is 0 Å². The highest BCUT2D eigenvalue weighted by Gasteiger charge is 2.32. The van der Waals surface area contributed by atoms with Crippen LogP contribution in [0, 0.1) is 11.7 Å². The molecule has 2 fully saturated rings. The molecular weight excluding hydrogens is 395 g/mol. The third-order valence-corrected chi connectivity index (χ3v) is 6.31. The highest BCUT2D eigenvalue weighted by atomic mass is 19.1. The van der Waals surface area contributed by atoms with Crippen LogP contribution in [0.15, 0.2) is 48.5 Å². The second kappa shape index (κ2) is 9.41. The summed E-state index contributed by atoms with van der Waals surface area (Å²) in [6.07, 6.45) is 4.63. The molecule has 0 saturated carbocycles. The van der Waals surface area contributed by atoms with Crippen LogP contribution in [-0.2, 0) is 4.79 Å². The second-order valence-electron chi connectivity index (χ2n) is 8.33. The molecule has 5 nitrogen and oxygen atoms in total. The minimum Gasteiger partial charge on any atom is -0.342 e. The Morgan fingerprint density at radius 3 is 2.00 bits per heavy atom. The molecule has 0 N–H and O–H groups in total. The third kappa shape index (κ3) is 4.68. The fraction of sp³-hybridized carbons (Fsp3) is 0.400. The quantitative estimate of drug-likeness (QED) is 0.702. The van der Waals surface area contributed by atoms with Gasteiger partial charge in [0, 0.05) is 43.2 Å². The molecule has 2 aromatic carbocycles. The first-order valence-electron chi connectivity index (χ1n) is 11.0. The number of carbonyl (C=O) groups is 3. The van der Waals surface area contributed by atoms with Gasteiger partial charge in [0.1, 0.15) is 5.82 Å². The van der Waals surface area contributed by atoms with E-state index < -0.39 is 5.82 Å². The minimum absolute atomic E-state index is 0.0294. The van der Waals surface area contributed by atoms with Crippen LogP contribution in [-0.4, -0.2) is 53.6 Å². The summed E-state index contributed by atoms with van der Waals surface area (Å²) in [4.78, 5) is 42.6. The zero-order valence-electron chi connectivity index (χ0n) is 17.6. The van der Waals surface area contributed by atoms with Crippen molar-refractivity contribution in [3.63, 3.8) is 0 Å². The number of hydrogen-bond donors (Lipinski definition) is 0. The summed E-state index contributed by atoms with van der Waals surface area (Å²) >= 11 is 0. The van der Waals surface area contributed by atoms with E-state index in [1.807, 2.05) is 4.90 Å². The number of rotatable bonds is 4. The number of amides is 2. The maximum atomic E-state index is 13.2. The van der Waals surface area contributed by atoms with Crippen LogP contribution in [0.25, 0.3) is 0 Å². The van der Waals surface area contributed by atoms with Gasteiger partial charge in [-0.25, -0.2) is 4.39 Å². The SMILES string of the molecule is O=C(c1ccc(F)cc1)c1ccccc1C(=O)N1CCC(C(=O)N2CCCCC2)CC1. The summed E-state index contributed by atoms with van der Waals surface area (Å²) in [7, 11) is 0. The van der Waals surface area contributed by atoms with Crippen LogP contribution in [0.5, 0.6) is 0 Å². The Morgan fingerprint density at radius 1 is 0.742 bits per heavy atom. The van der Waals surface area contributed by atoms with Gasteiger partial charge in [-0.3, -0.25) is 14.4 Å². The second-order valence-corrected chi connectivity index (χ2v) is 8.33. The lowest BCUT2D eigenvalue weighted by Crippen LogP contribution is -2.45. The summed E-state index contributed by atoms with van der Waals surface area (Å²) in [6, 6.07) is 12.1. The van der Waals surface area contributed by atoms with Gasteiger partial charge in [-0.2, -0.15) is 0 Å². The van der Waals surface area contributed by atoms with Crippen LogP contribution in [0.1, 0.15) is 58.4 Å². The van der Waals surface area contributed by atoms with Gasteiger partial charge in [0.25, 0.3) is 5.91 Å². The van der Waals surface area contributed by atoms with Crippen molar-refractivity contribution in [2.75, 3.05) is 26.2 Å². The molecule has 162 valence electrons. The van der Waals surface area contributed by atoms with Crippen LogP contribution in [0.3, 0.4) is 0 Å². The zero-order valence-corrected chi connectivity index (χ0v) is 17.6. The Balaban J connectivity index is 1.44. The van der Waals surface area contributed by atoms with E-state index in [0.717, 1.165) is 25.9 Å². The molecule has 0 spiro atoms. The Morgan fingerprint density at radius 2 is 1.35 bits per heavy atom. The van der Waals surface area contributed by atoms with E-state index in [1.54, 1.807) is 29.2 Å². The summed E-state index contributed by atoms with van der Waals surface area (Å²) in [5.74, 6) is -0.728. The standard InChI is InChI=1S/C25H27FN2O3/c26-20-10-8-18(9-11-20)23(29)21-6-2-3-7-22(21)25(31)28-16-12-19(13-17-28)24(30)27-14-4-1-5-15-27/h2-3,6-11,19H,1,4-5,12-17H2. The zero-order chi connectivity index (χ0) is 21.8. The van der Waals surface area contributed by atoms with E-state index >= 15 is 0 Å². The monoisotopic (exact) mass is 422 g/mol. The normalized spacial score (nSPS) is 17.5. The first kappa shape index (κ1) is 21.2. The molecule has 2 heterocycles. The Hall–Kier alpha value is -3.02. The largest absolute Gasteiger partial charge is 0.342 e. The van der Waals surface area contributed by atoms with Crippen molar-refractivity contribution in [2.24, 2.45) is 5.92 Å². The summed E-state index contributed by atoms with van der Waals surface area (Å²) in [5.41, 5.74) is 0.996. The lowest BCUT2D eigenvalue weighted by molar-refractivity contribution is -0.137. The number of halogens is 1.